The quantitative estimate of drug-likeness (QED) is 0.554. The number of hydrogen-bond donors (Lipinski definition) is 0. The Bertz CT molecular complexity index is 797. The van der Waals surface area contributed by atoms with Crippen molar-refractivity contribution in [3.8, 4) is 17.0 Å². The summed E-state index contributed by atoms with van der Waals surface area (Å²) in [5.74, 6) is -0.521. The van der Waals surface area contributed by atoms with Crippen LogP contribution in [0, 0.1) is 0 Å². The average Bonchev–Trinajstić information content (AvgIpc) is 2.80. The fourth-order valence-corrected chi connectivity index (χ4v) is 2.62. The Labute approximate surface area is 155 Å². The van der Waals surface area contributed by atoms with Gasteiger partial charge in [-0.3, -0.25) is 4.57 Å². The van der Waals surface area contributed by atoms with Gasteiger partial charge in [0.1, 0.15) is 11.4 Å². The monoisotopic (exact) mass is 439 g/mol. The first kappa shape index (κ1) is 19.7. The molecule has 0 aliphatic rings. The van der Waals surface area contributed by atoms with Crippen molar-refractivity contribution in [1.82, 2.24) is 4.57 Å². The predicted octanol–water partition coefficient (Wildman–Crippen LogP) is 6.25. The van der Waals surface area contributed by atoms with Crippen LogP contribution in [0.4, 0.5) is 18.0 Å². The molecule has 0 radical (unpaired) electrons. The smallest absolute Gasteiger partial charge is 0.443 e. The molecule has 9 heteroatoms. The van der Waals surface area contributed by atoms with Crippen LogP contribution in [0.25, 0.3) is 11.3 Å². The van der Waals surface area contributed by atoms with E-state index < -0.39 is 23.8 Å². The standard InChI is InChI=1S/C16H14BrClF3NO3/c1-15(2,3)25-14(23)22-8-10(17)7-12(22)9-4-5-13(11(18)6-9)24-16(19,20)21/h4-8H,1-3H3. The maximum Gasteiger partial charge on any atom is 0.573 e. The summed E-state index contributed by atoms with van der Waals surface area (Å²) in [7, 11) is 0. The van der Waals surface area contributed by atoms with E-state index in [9.17, 15) is 18.0 Å². The van der Waals surface area contributed by atoms with Crippen LogP contribution in [0.1, 0.15) is 20.8 Å². The van der Waals surface area contributed by atoms with Gasteiger partial charge in [-0.2, -0.15) is 0 Å². The van der Waals surface area contributed by atoms with Crippen molar-refractivity contribution in [2.45, 2.75) is 32.7 Å². The second kappa shape index (κ2) is 6.92. The lowest BCUT2D eigenvalue weighted by molar-refractivity contribution is -0.274. The molecule has 2 aromatic rings. The highest BCUT2D eigenvalue weighted by Gasteiger charge is 2.32. The van der Waals surface area contributed by atoms with Crippen molar-refractivity contribution >= 4 is 33.6 Å². The second-order valence-corrected chi connectivity index (χ2v) is 7.41. The summed E-state index contributed by atoms with van der Waals surface area (Å²) in [6.07, 6.45) is -3.97. The minimum Gasteiger partial charge on any atom is -0.443 e. The number of carbonyl (C=O) groups excluding carboxylic acids is 1. The summed E-state index contributed by atoms with van der Waals surface area (Å²) in [6, 6.07) is 5.37. The van der Waals surface area contributed by atoms with Crippen molar-refractivity contribution in [2.75, 3.05) is 0 Å². The molecular weight excluding hydrogens is 427 g/mol. The number of alkyl halides is 3. The lowest BCUT2D eigenvalue weighted by Crippen LogP contribution is -2.27. The van der Waals surface area contributed by atoms with E-state index in [4.69, 9.17) is 16.3 Å². The van der Waals surface area contributed by atoms with Crippen molar-refractivity contribution < 1.29 is 27.4 Å². The number of aromatic nitrogens is 1. The molecule has 0 amide bonds. The van der Waals surface area contributed by atoms with Gasteiger partial charge in [0, 0.05) is 16.2 Å². The zero-order valence-electron chi connectivity index (χ0n) is 13.4. The number of halogens is 5. The molecule has 0 spiro atoms. The fourth-order valence-electron chi connectivity index (χ4n) is 1.98. The third kappa shape index (κ3) is 5.40. The van der Waals surface area contributed by atoms with E-state index in [2.05, 4.69) is 20.7 Å². The second-order valence-electron chi connectivity index (χ2n) is 6.09. The highest BCUT2D eigenvalue weighted by atomic mass is 79.9. The molecular formula is C16H14BrClF3NO3. The van der Waals surface area contributed by atoms with E-state index in [-0.39, 0.29) is 5.02 Å². The first-order valence-electron chi connectivity index (χ1n) is 7.03. The van der Waals surface area contributed by atoms with E-state index in [1.807, 2.05) is 0 Å². The Morgan fingerprint density at radius 2 is 1.84 bits per heavy atom. The van der Waals surface area contributed by atoms with Gasteiger partial charge in [-0.25, -0.2) is 4.79 Å². The topological polar surface area (TPSA) is 40.5 Å². The Morgan fingerprint density at radius 3 is 2.36 bits per heavy atom. The Balaban J connectivity index is 2.39. The zero-order valence-corrected chi connectivity index (χ0v) is 15.8. The third-order valence-electron chi connectivity index (χ3n) is 2.83. The number of hydrogen-bond acceptors (Lipinski definition) is 3. The molecule has 0 saturated carbocycles. The average molecular weight is 441 g/mol. The van der Waals surface area contributed by atoms with Gasteiger partial charge in [0.2, 0.25) is 0 Å². The van der Waals surface area contributed by atoms with Crippen LogP contribution < -0.4 is 4.74 Å². The summed E-state index contributed by atoms with van der Waals surface area (Å²) < 4.78 is 48.0. The third-order valence-corrected chi connectivity index (χ3v) is 3.56. The number of nitrogens with zero attached hydrogens (tertiary/aromatic N) is 1. The highest BCUT2D eigenvalue weighted by molar-refractivity contribution is 9.10. The van der Waals surface area contributed by atoms with E-state index >= 15 is 0 Å². The Kier molecular flexibility index (Phi) is 5.44. The molecule has 4 nitrogen and oxygen atoms in total. The summed E-state index contributed by atoms with van der Waals surface area (Å²) in [4.78, 5) is 12.3. The summed E-state index contributed by atoms with van der Waals surface area (Å²) in [6.45, 7) is 5.18. The van der Waals surface area contributed by atoms with Crippen molar-refractivity contribution in [3.63, 3.8) is 0 Å². The van der Waals surface area contributed by atoms with Crippen LogP contribution in [0.5, 0.6) is 5.75 Å². The van der Waals surface area contributed by atoms with E-state index in [0.717, 1.165) is 6.07 Å². The largest absolute Gasteiger partial charge is 0.573 e. The van der Waals surface area contributed by atoms with Gasteiger partial charge in [-0.05, 0) is 61.0 Å². The fraction of sp³-hybridized carbons (Fsp3) is 0.312. The van der Waals surface area contributed by atoms with Gasteiger partial charge < -0.3 is 9.47 Å². The van der Waals surface area contributed by atoms with E-state index in [0.29, 0.717) is 15.7 Å². The van der Waals surface area contributed by atoms with Crippen molar-refractivity contribution in [3.05, 3.63) is 40.0 Å². The van der Waals surface area contributed by atoms with Crippen LogP contribution in [-0.4, -0.2) is 22.6 Å². The molecule has 1 aromatic carbocycles. The minimum absolute atomic E-state index is 0.233. The molecule has 0 atom stereocenters. The number of ether oxygens (including phenoxy) is 2. The molecule has 0 fully saturated rings. The van der Waals surface area contributed by atoms with Crippen LogP contribution in [0.15, 0.2) is 34.9 Å². The molecule has 0 N–H and O–H groups in total. The summed E-state index contributed by atoms with van der Waals surface area (Å²) in [5, 5.41) is -0.233. The SMILES string of the molecule is CC(C)(C)OC(=O)n1cc(Br)cc1-c1ccc(OC(F)(F)F)c(Cl)c1. The molecule has 0 bridgehead atoms. The van der Waals surface area contributed by atoms with Gasteiger partial charge in [0.05, 0.1) is 10.7 Å². The highest BCUT2D eigenvalue weighted by Crippen LogP contribution is 2.35. The molecule has 0 aliphatic carbocycles. The van der Waals surface area contributed by atoms with Crippen LogP contribution in [0.3, 0.4) is 0 Å². The van der Waals surface area contributed by atoms with Crippen LogP contribution >= 0.6 is 27.5 Å². The van der Waals surface area contributed by atoms with E-state index in [1.165, 1.54) is 22.9 Å². The number of rotatable bonds is 2. The predicted molar refractivity (Wildman–Crippen MR) is 90.9 cm³/mol. The van der Waals surface area contributed by atoms with Gasteiger partial charge in [-0.1, -0.05) is 11.6 Å². The molecule has 0 aliphatic heterocycles. The normalized spacial score (nSPS) is 12.2. The van der Waals surface area contributed by atoms with Gasteiger partial charge in [0.15, 0.2) is 0 Å². The number of carbonyl (C=O) groups is 1. The van der Waals surface area contributed by atoms with Gasteiger partial charge in [-0.15, -0.1) is 13.2 Å². The molecule has 1 heterocycles. The zero-order chi connectivity index (χ0) is 19.0. The molecule has 1 aromatic heterocycles. The summed E-state index contributed by atoms with van der Waals surface area (Å²) >= 11 is 9.13. The van der Waals surface area contributed by atoms with E-state index in [1.54, 1.807) is 26.8 Å². The Morgan fingerprint density at radius 1 is 1.20 bits per heavy atom. The first-order chi connectivity index (χ1) is 11.4. The number of benzene rings is 1. The maximum atomic E-state index is 12.3. The minimum atomic E-state index is -4.84. The molecule has 0 saturated heterocycles. The maximum absolute atomic E-state index is 12.3. The lowest BCUT2D eigenvalue weighted by atomic mass is 10.1. The van der Waals surface area contributed by atoms with Crippen molar-refractivity contribution in [2.24, 2.45) is 0 Å². The Hall–Kier alpha value is -1.67. The van der Waals surface area contributed by atoms with Gasteiger partial charge >= 0.3 is 12.5 Å². The lowest BCUT2D eigenvalue weighted by Gasteiger charge is -2.20. The molecule has 0 unspecified atom stereocenters. The molecule has 136 valence electrons. The summed E-state index contributed by atoms with van der Waals surface area (Å²) in [5.41, 5.74) is 0.130. The van der Waals surface area contributed by atoms with Gasteiger partial charge in [0.25, 0.3) is 0 Å². The van der Waals surface area contributed by atoms with Crippen LogP contribution in [-0.2, 0) is 4.74 Å². The molecule has 25 heavy (non-hydrogen) atoms. The van der Waals surface area contributed by atoms with Crippen molar-refractivity contribution in [1.29, 1.82) is 0 Å². The molecule has 2 rings (SSSR count). The first-order valence-corrected chi connectivity index (χ1v) is 8.20. The van der Waals surface area contributed by atoms with Crippen LogP contribution in [0.2, 0.25) is 5.02 Å².